The second-order valence-electron chi connectivity index (χ2n) is 3.60. The second kappa shape index (κ2) is 3.68. The molecule has 0 aromatic rings. The second-order valence-corrected chi connectivity index (χ2v) is 12.6. The Balaban J connectivity index is 2.70. The first-order valence-corrected chi connectivity index (χ1v) is 9.23. The third-order valence-electron chi connectivity index (χ3n) is 2.89. The fourth-order valence-corrected chi connectivity index (χ4v) is 8.53. The molecule has 0 fully saturated rings. The Kier molecular flexibility index (Phi) is 3.08. The van der Waals surface area contributed by atoms with E-state index in [2.05, 4.69) is 45.1 Å². The molecule has 0 N–H and O–H groups in total. The number of hydrogen-bond donors (Lipinski definition) is 0. The third-order valence-corrected chi connectivity index (χ3v) is 11.5. The minimum atomic E-state index is -1.01. The summed E-state index contributed by atoms with van der Waals surface area (Å²) in [4.78, 5) is 2.93. The zero-order valence-electron chi connectivity index (χ0n) is 7.80. The molecule has 0 aromatic heterocycles. The maximum atomic E-state index is 2.41. The summed E-state index contributed by atoms with van der Waals surface area (Å²) in [7, 11) is 0. The molecule has 0 bridgehead atoms. The van der Waals surface area contributed by atoms with E-state index in [1.807, 2.05) is 0 Å². The molecule has 0 radical (unpaired) electrons. The molecular weight excluding hydrogens is 190 g/mol. The summed E-state index contributed by atoms with van der Waals surface area (Å²) >= 11 is -1.01. The quantitative estimate of drug-likeness (QED) is 0.622. The van der Waals surface area contributed by atoms with Crippen molar-refractivity contribution in [2.45, 2.75) is 34.7 Å². The molecule has 1 rings (SSSR count). The molecule has 0 unspecified atom stereocenters. The van der Waals surface area contributed by atoms with E-state index in [4.69, 9.17) is 0 Å². The van der Waals surface area contributed by atoms with Gasteiger partial charge in [0.2, 0.25) is 0 Å². The average Bonchev–Trinajstić information content (AvgIpc) is 2.39. The molecule has 0 heterocycles. The van der Waals surface area contributed by atoms with Gasteiger partial charge in [-0.2, -0.15) is 0 Å². The van der Waals surface area contributed by atoms with Crippen LogP contribution in [0.25, 0.3) is 0 Å². The van der Waals surface area contributed by atoms with Gasteiger partial charge in [0.05, 0.1) is 0 Å². The van der Waals surface area contributed by atoms with Crippen LogP contribution >= 0.6 is 0 Å². The molecule has 0 saturated heterocycles. The predicted octanol–water partition coefficient (Wildman–Crippen LogP) is 3.41. The van der Waals surface area contributed by atoms with Crippen molar-refractivity contribution < 1.29 is 0 Å². The van der Waals surface area contributed by atoms with Crippen LogP contribution in [-0.4, -0.2) is 16.2 Å². The van der Waals surface area contributed by atoms with Crippen molar-refractivity contribution in [1.29, 1.82) is 0 Å². The SMILES string of the molecule is C[CH2][Ga]([CH2]C)[C]1(C)C=CC=C1. The Morgan fingerprint density at radius 2 is 1.55 bits per heavy atom. The van der Waals surface area contributed by atoms with Crippen LogP contribution in [0.15, 0.2) is 24.3 Å². The van der Waals surface area contributed by atoms with Crippen LogP contribution in [0, 0.1) is 0 Å². The number of rotatable bonds is 3. The van der Waals surface area contributed by atoms with E-state index >= 15 is 0 Å². The van der Waals surface area contributed by atoms with Gasteiger partial charge in [-0.1, -0.05) is 0 Å². The molecule has 0 atom stereocenters. The van der Waals surface area contributed by atoms with E-state index in [1.165, 1.54) is 9.95 Å². The normalized spacial score (nSPS) is 19.2. The first-order valence-electron chi connectivity index (χ1n) is 4.60. The summed E-state index contributed by atoms with van der Waals surface area (Å²) < 4.78 is 0.538. The van der Waals surface area contributed by atoms with E-state index in [9.17, 15) is 0 Å². The van der Waals surface area contributed by atoms with Crippen LogP contribution < -0.4 is 0 Å². The molecule has 0 nitrogen and oxygen atoms in total. The standard InChI is InChI=1S/C6H7.2C2H5.Ga/c1-6-4-2-3-5-6;2*1-2;/h2-5H,1H3;2*1H2,2H3;. The van der Waals surface area contributed by atoms with Crippen LogP contribution in [0.4, 0.5) is 0 Å². The van der Waals surface area contributed by atoms with Crippen molar-refractivity contribution in [2.24, 2.45) is 0 Å². The van der Waals surface area contributed by atoms with Crippen molar-refractivity contribution in [3.63, 3.8) is 0 Å². The van der Waals surface area contributed by atoms with E-state index in [1.54, 1.807) is 0 Å². The van der Waals surface area contributed by atoms with Gasteiger partial charge >= 0.3 is 75.2 Å². The van der Waals surface area contributed by atoms with Gasteiger partial charge in [-0.3, -0.25) is 0 Å². The fraction of sp³-hybridized carbons (Fsp3) is 0.600. The van der Waals surface area contributed by atoms with Gasteiger partial charge in [0.25, 0.3) is 0 Å². The molecule has 1 aliphatic carbocycles. The van der Waals surface area contributed by atoms with Crippen LogP contribution in [0.5, 0.6) is 0 Å². The monoisotopic (exact) mass is 206 g/mol. The molecule has 0 aromatic carbocycles. The summed E-state index contributed by atoms with van der Waals surface area (Å²) in [6.45, 7) is 7.13. The summed E-state index contributed by atoms with van der Waals surface area (Å²) in [5.41, 5.74) is 0. The van der Waals surface area contributed by atoms with Gasteiger partial charge in [0.1, 0.15) is 0 Å². The van der Waals surface area contributed by atoms with E-state index in [0.717, 1.165) is 0 Å². The Bertz CT molecular complexity index is 163. The maximum absolute atomic E-state index is 2.41. The molecule has 0 spiro atoms. The molecule has 60 valence electrons. The van der Waals surface area contributed by atoms with Crippen molar-refractivity contribution in [3.05, 3.63) is 24.3 Å². The van der Waals surface area contributed by atoms with Crippen LogP contribution in [0.2, 0.25) is 13.9 Å². The summed E-state index contributed by atoms with van der Waals surface area (Å²) in [5, 5.41) is 0. The van der Waals surface area contributed by atoms with Crippen molar-refractivity contribution in [3.8, 4) is 0 Å². The zero-order chi connectivity index (χ0) is 8.32. The van der Waals surface area contributed by atoms with Gasteiger partial charge in [-0.15, -0.1) is 0 Å². The van der Waals surface area contributed by atoms with Crippen LogP contribution in [-0.2, 0) is 0 Å². The average molecular weight is 207 g/mol. The molecule has 0 amide bonds. The molecule has 0 aliphatic heterocycles. The first-order chi connectivity index (χ1) is 5.23. The van der Waals surface area contributed by atoms with E-state index in [0.29, 0.717) is 3.97 Å². The Morgan fingerprint density at radius 1 is 1.09 bits per heavy atom. The Morgan fingerprint density at radius 3 is 1.91 bits per heavy atom. The van der Waals surface area contributed by atoms with Crippen LogP contribution in [0.3, 0.4) is 0 Å². The van der Waals surface area contributed by atoms with Crippen molar-refractivity contribution in [1.82, 2.24) is 0 Å². The molecular formula is C10H17Ga. The Hall–Kier alpha value is 0.116. The first kappa shape index (κ1) is 9.21. The van der Waals surface area contributed by atoms with Gasteiger partial charge in [0, 0.05) is 0 Å². The molecule has 1 heteroatoms. The summed E-state index contributed by atoms with van der Waals surface area (Å²) in [6.07, 6.45) is 9.24. The fourth-order valence-electron chi connectivity index (χ4n) is 2.02. The van der Waals surface area contributed by atoms with Crippen molar-refractivity contribution >= 4 is 16.2 Å². The van der Waals surface area contributed by atoms with Gasteiger partial charge in [-0.05, 0) is 0 Å². The zero-order valence-corrected chi connectivity index (χ0v) is 10.2. The van der Waals surface area contributed by atoms with Crippen molar-refractivity contribution in [2.75, 3.05) is 0 Å². The minimum absolute atomic E-state index is 0.538. The summed E-state index contributed by atoms with van der Waals surface area (Å²) in [6, 6.07) is 0. The van der Waals surface area contributed by atoms with E-state index < -0.39 is 16.2 Å². The molecule has 1 aliphatic rings. The third kappa shape index (κ3) is 1.82. The topological polar surface area (TPSA) is 0 Å². The van der Waals surface area contributed by atoms with Crippen LogP contribution in [0.1, 0.15) is 20.8 Å². The van der Waals surface area contributed by atoms with Gasteiger partial charge in [-0.25, -0.2) is 0 Å². The molecule has 0 saturated carbocycles. The Labute approximate surface area is 75.4 Å². The summed E-state index contributed by atoms with van der Waals surface area (Å²) in [5.74, 6) is 0. The van der Waals surface area contributed by atoms with Gasteiger partial charge < -0.3 is 0 Å². The molecule has 11 heavy (non-hydrogen) atoms. The van der Waals surface area contributed by atoms with E-state index in [-0.39, 0.29) is 0 Å². The number of hydrogen-bond acceptors (Lipinski definition) is 0. The number of allylic oxidation sites excluding steroid dienone is 4. The predicted molar refractivity (Wildman–Crippen MR) is 53.4 cm³/mol. The van der Waals surface area contributed by atoms with Gasteiger partial charge in [0.15, 0.2) is 0 Å².